The molecule has 0 aliphatic heterocycles. The fraction of sp³-hybridized carbons (Fsp3) is 0.143. The zero-order valence-corrected chi connectivity index (χ0v) is 22.0. The number of hydrogen-bond acceptors (Lipinski definition) is 10. The highest BCUT2D eigenvalue weighted by Gasteiger charge is 2.22. The number of aromatic nitrogens is 4. The Labute approximate surface area is 224 Å². The second kappa shape index (κ2) is 10.8. The van der Waals surface area contributed by atoms with E-state index in [0.717, 1.165) is 32.4 Å². The first kappa shape index (κ1) is 25.1. The van der Waals surface area contributed by atoms with E-state index in [1.807, 2.05) is 48.3 Å². The number of rotatable bonds is 8. The average molecular weight is 526 g/mol. The fourth-order valence-corrected chi connectivity index (χ4v) is 5.10. The summed E-state index contributed by atoms with van der Waals surface area (Å²) >= 11 is 1.64. The van der Waals surface area contributed by atoms with Crippen LogP contribution in [0.15, 0.2) is 88.8 Å². The molecule has 38 heavy (non-hydrogen) atoms. The number of ether oxygens (including phenoxy) is 2. The van der Waals surface area contributed by atoms with Crippen LogP contribution in [-0.4, -0.2) is 41.2 Å². The van der Waals surface area contributed by atoms with Gasteiger partial charge in [-0.1, -0.05) is 54.2 Å². The Morgan fingerprint density at radius 3 is 2.11 bits per heavy atom. The summed E-state index contributed by atoms with van der Waals surface area (Å²) in [4.78, 5) is 21.6. The van der Waals surface area contributed by atoms with Gasteiger partial charge in [0, 0.05) is 29.1 Å². The SMILES string of the molecule is COc1cc(OC)cc(Sc2ccc(C(c3ccccc3)N(C)c3ncc4c(N)nc(N)nc4n3)cc2)c1. The smallest absolute Gasteiger partial charge is 0.227 e. The van der Waals surface area contributed by atoms with Crippen molar-refractivity contribution in [3.8, 4) is 11.5 Å². The first-order valence-corrected chi connectivity index (χ1v) is 12.6. The normalized spacial score (nSPS) is 11.8. The quantitative estimate of drug-likeness (QED) is 0.286. The molecule has 0 bridgehead atoms. The molecule has 0 amide bonds. The predicted molar refractivity (Wildman–Crippen MR) is 151 cm³/mol. The fourth-order valence-electron chi connectivity index (χ4n) is 4.20. The van der Waals surface area contributed by atoms with Gasteiger partial charge < -0.3 is 25.8 Å². The van der Waals surface area contributed by atoms with Gasteiger partial charge in [0.1, 0.15) is 17.3 Å². The number of fused-ring (bicyclic) bond motifs is 1. The third-order valence-corrected chi connectivity index (χ3v) is 7.04. The van der Waals surface area contributed by atoms with Gasteiger partial charge in [0.25, 0.3) is 0 Å². The van der Waals surface area contributed by atoms with Crippen molar-refractivity contribution in [3.05, 3.63) is 90.1 Å². The van der Waals surface area contributed by atoms with Crippen LogP contribution < -0.4 is 25.8 Å². The second-order valence-corrected chi connectivity index (χ2v) is 9.66. The molecule has 4 N–H and O–H groups in total. The molecule has 5 aromatic rings. The van der Waals surface area contributed by atoms with Gasteiger partial charge in [-0.05, 0) is 35.4 Å². The summed E-state index contributed by atoms with van der Waals surface area (Å²) in [5, 5.41) is 0.558. The molecule has 10 heteroatoms. The van der Waals surface area contributed by atoms with Crippen molar-refractivity contribution in [2.24, 2.45) is 0 Å². The molecule has 3 aromatic carbocycles. The van der Waals surface area contributed by atoms with Gasteiger partial charge in [0.05, 0.1) is 25.6 Å². The van der Waals surface area contributed by atoms with Crippen LogP contribution in [-0.2, 0) is 0 Å². The molecule has 0 aliphatic rings. The summed E-state index contributed by atoms with van der Waals surface area (Å²) in [6, 6.07) is 24.3. The summed E-state index contributed by atoms with van der Waals surface area (Å²) in [5.74, 6) is 2.31. The Kier molecular flexibility index (Phi) is 7.14. The molecule has 0 radical (unpaired) electrons. The Balaban J connectivity index is 1.48. The van der Waals surface area contributed by atoms with Crippen LogP contribution >= 0.6 is 11.8 Å². The van der Waals surface area contributed by atoms with Crippen LogP contribution in [0.3, 0.4) is 0 Å². The molecular formula is C28H27N7O2S. The lowest BCUT2D eigenvalue weighted by molar-refractivity contribution is 0.392. The number of nitrogens with zero attached hydrogens (tertiary/aromatic N) is 5. The highest BCUT2D eigenvalue weighted by Crippen LogP contribution is 2.36. The topological polar surface area (TPSA) is 125 Å². The van der Waals surface area contributed by atoms with Crippen molar-refractivity contribution < 1.29 is 9.47 Å². The molecule has 1 atom stereocenters. The van der Waals surface area contributed by atoms with Gasteiger partial charge in [0.2, 0.25) is 11.9 Å². The minimum atomic E-state index is -0.152. The number of anilines is 3. The van der Waals surface area contributed by atoms with E-state index < -0.39 is 0 Å². The third-order valence-electron chi connectivity index (χ3n) is 6.06. The third kappa shape index (κ3) is 5.25. The Morgan fingerprint density at radius 2 is 1.45 bits per heavy atom. The molecule has 2 aromatic heterocycles. The highest BCUT2D eigenvalue weighted by molar-refractivity contribution is 7.99. The van der Waals surface area contributed by atoms with Gasteiger partial charge >= 0.3 is 0 Å². The summed E-state index contributed by atoms with van der Waals surface area (Å²) in [6.45, 7) is 0. The van der Waals surface area contributed by atoms with Gasteiger partial charge in [-0.25, -0.2) is 4.98 Å². The summed E-state index contributed by atoms with van der Waals surface area (Å²) in [6.07, 6.45) is 1.63. The van der Waals surface area contributed by atoms with E-state index in [1.54, 1.807) is 32.2 Å². The van der Waals surface area contributed by atoms with Crippen LogP contribution in [0.1, 0.15) is 17.2 Å². The number of hydrogen-bond donors (Lipinski definition) is 2. The van der Waals surface area contributed by atoms with Gasteiger partial charge in [-0.2, -0.15) is 15.0 Å². The molecule has 1 unspecified atom stereocenters. The Bertz CT molecular complexity index is 1540. The maximum atomic E-state index is 5.99. The van der Waals surface area contributed by atoms with E-state index in [1.165, 1.54) is 0 Å². The molecule has 9 nitrogen and oxygen atoms in total. The van der Waals surface area contributed by atoms with E-state index in [-0.39, 0.29) is 17.8 Å². The maximum absolute atomic E-state index is 5.99. The predicted octanol–water partition coefficient (Wildman–Crippen LogP) is 4.98. The Hall–Kier alpha value is -4.57. The standard InChI is InChI=1S/C28H27N7O2S/c1-35(28-31-16-23-25(29)32-27(30)33-26(23)34-28)24(17-7-5-4-6-8-17)18-9-11-21(12-10-18)38-22-14-19(36-2)13-20(15-22)37-3/h4-16,24H,1-3H3,(H4,29,30,31,32,33,34). The average Bonchev–Trinajstić information content (AvgIpc) is 2.94. The molecule has 0 aliphatic carbocycles. The summed E-state index contributed by atoms with van der Waals surface area (Å²) < 4.78 is 10.8. The van der Waals surface area contributed by atoms with Crippen molar-refractivity contribution in [1.82, 2.24) is 19.9 Å². The molecule has 0 saturated carbocycles. The lowest BCUT2D eigenvalue weighted by atomic mass is 9.97. The van der Waals surface area contributed by atoms with Gasteiger partial charge in [-0.3, -0.25) is 0 Å². The molecule has 2 heterocycles. The molecule has 0 spiro atoms. The largest absolute Gasteiger partial charge is 0.497 e. The van der Waals surface area contributed by atoms with E-state index in [2.05, 4.69) is 56.3 Å². The van der Waals surface area contributed by atoms with Crippen LogP contribution in [0.2, 0.25) is 0 Å². The summed E-state index contributed by atoms with van der Waals surface area (Å²) in [5.41, 5.74) is 14.4. The van der Waals surface area contributed by atoms with E-state index >= 15 is 0 Å². The van der Waals surface area contributed by atoms with E-state index in [4.69, 9.17) is 20.9 Å². The molecule has 0 saturated heterocycles. The first-order valence-electron chi connectivity index (χ1n) is 11.8. The van der Waals surface area contributed by atoms with E-state index in [9.17, 15) is 0 Å². The van der Waals surface area contributed by atoms with Crippen LogP contribution in [0.4, 0.5) is 17.7 Å². The zero-order valence-electron chi connectivity index (χ0n) is 21.2. The lowest BCUT2D eigenvalue weighted by Gasteiger charge is -2.29. The minimum Gasteiger partial charge on any atom is -0.497 e. The van der Waals surface area contributed by atoms with Crippen LogP contribution in [0, 0.1) is 0 Å². The zero-order chi connectivity index (χ0) is 26.6. The van der Waals surface area contributed by atoms with Crippen molar-refractivity contribution in [2.75, 3.05) is 37.6 Å². The maximum Gasteiger partial charge on any atom is 0.227 e. The first-order chi connectivity index (χ1) is 18.4. The second-order valence-electron chi connectivity index (χ2n) is 8.52. The van der Waals surface area contributed by atoms with Crippen LogP contribution in [0.25, 0.3) is 11.0 Å². The van der Waals surface area contributed by atoms with Crippen molar-refractivity contribution in [1.29, 1.82) is 0 Å². The number of nitrogens with two attached hydrogens (primary N) is 2. The monoisotopic (exact) mass is 525 g/mol. The van der Waals surface area contributed by atoms with Crippen molar-refractivity contribution in [2.45, 2.75) is 15.8 Å². The summed E-state index contributed by atoms with van der Waals surface area (Å²) in [7, 11) is 5.25. The Morgan fingerprint density at radius 1 is 0.789 bits per heavy atom. The number of methoxy groups -OCH3 is 2. The van der Waals surface area contributed by atoms with Gasteiger partial charge in [0.15, 0.2) is 5.65 Å². The van der Waals surface area contributed by atoms with Crippen molar-refractivity contribution in [3.63, 3.8) is 0 Å². The molecule has 192 valence electrons. The molecule has 5 rings (SSSR count). The van der Waals surface area contributed by atoms with Crippen LogP contribution in [0.5, 0.6) is 11.5 Å². The van der Waals surface area contributed by atoms with Gasteiger partial charge in [-0.15, -0.1) is 0 Å². The number of benzene rings is 3. The minimum absolute atomic E-state index is 0.0728. The number of nitrogen functional groups attached to an aromatic ring is 2. The van der Waals surface area contributed by atoms with Crippen molar-refractivity contribution >= 4 is 40.5 Å². The molecule has 0 fully saturated rings. The lowest BCUT2D eigenvalue weighted by Crippen LogP contribution is -2.27. The highest BCUT2D eigenvalue weighted by atomic mass is 32.2. The molecular weight excluding hydrogens is 498 g/mol. The van der Waals surface area contributed by atoms with E-state index in [0.29, 0.717) is 17.0 Å².